The minimum absolute atomic E-state index is 0.0148. The van der Waals surface area contributed by atoms with Crippen LogP contribution in [0.4, 0.5) is 0 Å². The second-order valence-electron chi connectivity index (χ2n) is 6.74. The van der Waals surface area contributed by atoms with Crippen molar-refractivity contribution in [1.82, 2.24) is 4.90 Å². The lowest BCUT2D eigenvalue weighted by atomic mass is 9.83. The fourth-order valence-electron chi connectivity index (χ4n) is 3.47. The first-order chi connectivity index (χ1) is 11.1. The molecule has 2 saturated carbocycles. The third-order valence-electron chi connectivity index (χ3n) is 5.06. The molecule has 4 nitrogen and oxygen atoms in total. The molecule has 0 spiro atoms. The van der Waals surface area contributed by atoms with Gasteiger partial charge >= 0.3 is 0 Å². The van der Waals surface area contributed by atoms with Crippen molar-refractivity contribution in [2.24, 2.45) is 11.7 Å². The van der Waals surface area contributed by atoms with Gasteiger partial charge in [0.15, 0.2) is 0 Å². The topological polar surface area (TPSA) is 55.6 Å². The van der Waals surface area contributed by atoms with E-state index in [1.807, 2.05) is 29.2 Å². The Morgan fingerprint density at radius 1 is 1.30 bits per heavy atom. The largest absolute Gasteiger partial charge is 0.380 e. The molecule has 0 bridgehead atoms. The number of hydrogen-bond donors (Lipinski definition) is 1. The van der Waals surface area contributed by atoms with E-state index in [-0.39, 0.29) is 24.0 Å². The summed E-state index contributed by atoms with van der Waals surface area (Å²) < 4.78 is 5.46. The van der Waals surface area contributed by atoms with E-state index in [1.54, 1.807) is 7.11 Å². The first-order valence-electron chi connectivity index (χ1n) is 8.42. The fourth-order valence-corrected chi connectivity index (χ4v) is 3.66. The molecule has 2 aliphatic carbocycles. The summed E-state index contributed by atoms with van der Waals surface area (Å²) in [5.74, 6) is 0.254. The molecule has 5 heteroatoms. The van der Waals surface area contributed by atoms with E-state index in [4.69, 9.17) is 22.1 Å². The molecular weight excluding hydrogens is 312 g/mol. The maximum absolute atomic E-state index is 13.1. The van der Waals surface area contributed by atoms with Crippen LogP contribution >= 0.6 is 11.6 Å². The Morgan fingerprint density at radius 3 is 2.70 bits per heavy atom. The molecule has 3 rings (SSSR count). The number of hydrogen-bond acceptors (Lipinski definition) is 3. The normalized spacial score (nSPS) is 27.7. The number of carbonyl (C=O) groups is 1. The Morgan fingerprint density at radius 2 is 2.04 bits per heavy atom. The van der Waals surface area contributed by atoms with Gasteiger partial charge < -0.3 is 15.4 Å². The van der Waals surface area contributed by atoms with Crippen molar-refractivity contribution in [1.29, 1.82) is 0 Å². The second kappa shape index (κ2) is 7.20. The van der Waals surface area contributed by atoms with Crippen LogP contribution in [0, 0.1) is 5.92 Å². The second-order valence-corrected chi connectivity index (χ2v) is 7.14. The highest BCUT2D eigenvalue weighted by Gasteiger charge is 2.39. The molecule has 0 aromatic heterocycles. The number of carbonyl (C=O) groups excluding carboxylic acids is 1. The van der Waals surface area contributed by atoms with Crippen LogP contribution in [0.2, 0.25) is 5.02 Å². The molecule has 2 N–H and O–H groups in total. The lowest BCUT2D eigenvalue weighted by Crippen LogP contribution is -2.46. The van der Waals surface area contributed by atoms with Gasteiger partial charge in [0.25, 0.3) is 0 Å². The summed E-state index contributed by atoms with van der Waals surface area (Å²) in [5, 5.41) is 0.728. The average Bonchev–Trinajstić information content (AvgIpc) is 3.39. The van der Waals surface area contributed by atoms with Crippen molar-refractivity contribution in [2.45, 2.75) is 56.8 Å². The minimum atomic E-state index is -0.0148. The van der Waals surface area contributed by atoms with Crippen LogP contribution in [0.25, 0.3) is 0 Å². The van der Waals surface area contributed by atoms with E-state index < -0.39 is 0 Å². The van der Waals surface area contributed by atoms with Gasteiger partial charge in [-0.2, -0.15) is 0 Å². The predicted molar refractivity (Wildman–Crippen MR) is 91.1 cm³/mol. The molecule has 23 heavy (non-hydrogen) atoms. The number of nitrogens with two attached hydrogens (primary N) is 1. The number of benzene rings is 1. The first kappa shape index (κ1) is 16.7. The van der Waals surface area contributed by atoms with E-state index in [9.17, 15) is 4.79 Å². The van der Waals surface area contributed by atoms with Gasteiger partial charge in [0.1, 0.15) is 0 Å². The summed E-state index contributed by atoms with van der Waals surface area (Å²) in [6.45, 7) is 0.601. The van der Waals surface area contributed by atoms with Crippen LogP contribution in [0.1, 0.15) is 37.7 Å². The van der Waals surface area contributed by atoms with E-state index >= 15 is 0 Å². The number of amides is 1. The molecule has 1 aromatic rings. The SMILES string of the molecule is CO[C@@H]1C[C@@H](C(=O)N(Cc2ccccc2Cl)C2CC2)CC[C@H]1N. The standard InChI is InChI=1S/C18H25ClN2O2/c1-23-17-10-12(6-9-16(17)20)18(22)21(14-7-8-14)11-13-4-2-3-5-15(13)19/h2-5,12,14,16-17H,6-11,20H2,1H3/t12-,16+,17+/m0/s1. The Balaban J connectivity index is 1.71. The quantitative estimate of drug-likeness (QED) is 0.899. The van der Waals surface area contributed by atoms with E-state index in [2.05, 4.69) is 0 Å². The monoisotopic (exact) mass is 336 g/mol. The van der Waals surface area contributed by atoms with Gasteiger partial charge in [0.05, 0.1) is 6.10 Å². The molecule has 1 amide bonds. The predicted octanol–water partition coefficient (Wildman–Crippen LogP) is 2.97. The minimum Gasteiger partial charge on any atom is -0.380 e. The van der Waals surface area contributed by atoms with Gasteiger partial charge in [-0.3, -0.25) is 4.79 Å². The van der Waals surface area contributed by atoms with E-state index in [0.29, 0.717) is 12.6 Å². The number of ether oxygens (including phenoxy) is 1. The maximum atomic E-state index is 13.1. The van der Waals surface area contributed by atoms with Crippen LogP contribution in [-0.4, -0.2) is 36.1 Å². The molecule has 0 aliphatic heterocycles. The van der Waals surface area contributed by atoms with Crippen molar-refractivity contribution in [3.05, 3.63) is 34.9 Å². The number of nitrogens with zero attached hydrogens (tertiary/aromatic N) is 1. The lowest BCUT2D eigenvalue weighted by molar-refractivity contribution is -0.139. The zero-order chi connectivity index (χ0) is 16.4. The van der Waals surface area contributed by atoms with Gasteiger partial charge in [-0.15, -0.1) is 0 Å². The van der Waals surface area contributed by atoms with Crippen molar-refractivity contribution >= 4 is 17.5 Å². The van der Waals surface area contributed by atoms with Gasteiger partial charge in [-0.05, 0) is 43.7 Å². The van der Waals surface area contributed by atoms with E-state index in [0.717, 1.165) is 42.7 Å². The Hall–Kier alpha value is -1.10. The highest BCUT2D eigenvalue weighted by molar-refractivity contribution is 6.31. The van der Waals surface area contributed by atoms with Gasteiger partial charge in [0, 0.05) is 36.7 Å². The van der Waals surface area contributed by atoms with Gasteiger partial charge in [-0.1, -0.05) is 29.8 Å². The molecule has 2 fully saturated rings. The average molecular weight is 337 g/mol. The Labute approximate surface area is 142 Å². The summed E-state index contributed by atoms with van der Waals surface area (Å²) in [5.41, 5.74) is 7.09. The molecule has 2 aliphatic rings. The molecule has 0 unspecified atom stereocenters. The molecular formula is C18H25ClN2O2. The van der Waals surface area contributed by atoms with Crippen LogP contribution in [0.3, 0.4) is 0 Å². The zero-order valence-corrected chi connectivity index (χ0v) is 14.3. The van der Waals surface area contributed by atoms with Crippen LogP contribution < -0.4 is 5.73 Å². The third-order valence-corrected chi connectivity index (χ3v) is 5.43. The first-order valence-corrected chi connectivity index (χ1v) is 8.80. The molecule has 3 atom stereocenters. The van der Waals surface area contributed by atoms with Crippen LogP contribution in [-0.2, 0) is 16.1 Å². The highest BCUT2D eigenvalue weighted by atomic mass is 35.5. The Kier molecular flexibility index (Phi) is 5.24. The van der Waals surface area contributed by atoms with Crippen LogP contribution in [0.5, 0.6) is 0 Å². The van der Waals surface area contributed by atoms with Crippen molar-refractivity contribution < 1.29 is 9.53 Å². The number of methoxy groups -OCH3 is 1. The van der Waals surface area contributed by atoms with Gasteiger partial charge in [0.2, 0.25) is 5.91 Å². The summed E-state index contributed by atoms with van der Waals surface area (Å²) in [6.07, 6.45) is 4.60. The number of rotatable bonds is 5. The molecule has 0 saturated heterocycles. The van der Waals surface area contributed by atoms with Crippen molar-refractivity contribution in [2.75, 3.05) is 7.11 Å². The summed E-state index contributed by atoms with van der Waals surface area (Å²) in [4.78, 5) is 15.1. The summed E-state index contributed by atoms with van der Waals surface area (Å²) in [6, 6.07) is 8.18. The molecule has 0 radical (unpaired) electrons. The summed E-state index contributed by atoms with van der Waals surface area (Å²) >= 11 is 6.27. The molecule has 1 aromatic carbocycles. The lowest BCUT2D eigenvalue weighted by Gasteiger charge is -2.35. The van der Waals surface area contributed by atoms with Crippen LogP contribution in [0.15, 0.2) is 24.3 Å². The number of halogens is 1. The van der Waals surface area contributed by atoms with Crippen molar-refractivity contribution in [3.63, 3.8) is 0 Å². The maximum Gasteiger partial charge on any atom is 0.226 e. The summed E-state index contributed by atoms with van der Waals surface area (Å²) in [7, 11) is 1.68. The molecule has 126 valence electrons. The Bertz CT molecular complexity index is 562. The third kappa shape index (κ3) is 3.87. The fraction of sp³-hybridized carbons (Fsp3) is 0.611. The van der Waals surface area contributed by atoms with E-state index in [1.165, 1.54) is 0 Å². The van der Waals surface area contributed by atoms with Gasteiger partial charge in [-0.25, -0.2) is 0 Å². The molecule has 0 heterocycles. The highest BCUT2D eigenvalue weighted by Crippen LogP contribution is 2.34. The zero-order valence-electron chi connectivity index (χ0n) is 13.6. The smallest absolute Gasteiger partial charge is 0.226 e. The van der Waals surface area contributed by atoms with Crippen molar-refractivity contribution in [3.8, 4) is 0 Å².